The lowest BCUT2D eigenvalue weighted by Crippen LogP contribution is -2.12. The molecule has 1 aromatic rings. The predicted molar refractivity (Wildman–Crippen MR) is 128 cm³/mol. The Hall–Kier alpha value is -2.36. The molecule has 0 aromatic heterocycles. The van der Waals surface area contributed by atoms with Crippen molar-refractivity contribution >= 4 is 12.3 Å². The van der Waals surface area contributed by atoms with Gasteiger partial charge in [-0.3, -0.25) is 9.59 Å². The zero-order valence-electron chi connectivity index (χ0n) is 19.3. The third kappa shape index (κ3) is 15.5. The highest BCUT2D eigenvalue weighted by molar-refractivity contribution is 5.77. The summed E-state index contributed by atoms with van der Waals surface area (Å²) in [6.07, 6.45) is 16.3. The standard InChI is InChI=1S/C13H22.C7H8.C4H7NO.C2H5NO/c1-3-5-9-12(8-4-2)13-10-6-7-11-13;1-7-5-3-2-4-6-7;6-4-2-1-3-5-4;1-3-2-4/h4,8,13H,2-3,5-7,9-11H2,1H3;2-6H,1H3;1-3H2,(H,5,6);2H,1H3,(H,3,4)/b12-8+;;;. The van der Waals surface area contributed by atoms with Crippen LogP contribution in [-0.2, 0) is 9.59 Å². The molecule has 1 aliphatic heterocycles. The Labute approximate surface area is 184 Å². The van der Waals surface area contributed by atoms with Crippen LogP contribution in [0.3, 0.4) is 0 Å². The molecule has 2 amide bonds. The van der Waals surface area contributed by atoms with Gasteiger partial charge in [-0.05, 0) is 44.9 Å². The molecule has 0 radical (unpaired) electrons. The Bertz CT molecular complexity index is 582. The van der Waals surface area contributed by atoms with Crippen LogP contribution in [0.15, 0.2) is 54.6 Å². The van der Waals surface area contributed by atoms with Crippen LogP contribution < -0.4 is 10.6 Å². The van der Waals surface area contributed by atoms with Crippen LogP contribution >= 0.6 is 0 Å². The predicted octanol–water partition coefficient (Wildman–Crippen LogP) is 5.73. The van der Waals surface area contributed by atoms with E-state index in [9.17, 15) is 4.79 Å². The van der Waals surface area contributed by atoms with E-state index in [1.165, 1.54) is 50.5 Å². The second-order valence-electron chi connectivity index (χ2n) is 7.58. The number of hydrogen-bond donors (Lipinski definition) is 2. The maximum atomic E-state index is 10.1. The van der Waals surface area contributed by atoms with Gasteiger partial charge in [0, 0.05) is 20.0 Å². The topological polar surface area (TPSA) is 58.2 Å². The van der Waals surface area contributed by atoms with Crippen molar-refractivity contribution in [3.8, 4) is 0 Å². The second kappa shape index (κ2) is 19.9. The molecule has 2 fully saturated rings. The molecule has 2 aliphatic rings. The van der Waals surface area contributed by atoms with Gasteiger partial charge in [0.15, 0.2) is 0 Å². The van der Waals surface area contributed by atoms with Crippen molar-refractivity contribution in [3.05, 3.63) is 60.2 Å². The maximum Gasteiger partial charge on any atom is 0.220 e. The molecule has 2 N–H and O–H groups in total. The molecule has 0 unspecified atom stereocenters. The smallest absolute Gasteiger partial charge is 0.220 e. The SMILES string of the molecule is C=C/C=C(\CCCC)C1CCCC1.CNC=O.Cc1ccccc1.O=C1CCCN1. The molecule has 30 heavy (non-hydrogen) atoms. The summed E-state index contributed by atoms with van der Waals surface area (Å²) >= 11 is 0. The number of benzene rings is 1. The van der Waals surface area contributed by atoms with E-state index in [2.05, 4.69) is 49.3 Å². The molecule has 3 rings (SSSR count). The highest BCUT2D eigenvalue weighted by Crippen LogP contribution is 2.33. The van der Waals surface area contributed by atoms with Crippen LogP contribution in [0.5, 0.6) is 0 Å². The average Bonchev–Trinajstić information content (AvgIpc) is 3.47. The van der Waals surface area contributed by atoms with Crippen molar-refractivity contribution in [2.24, 2.45) is 5.92 Å². The van der Waals surface area contributed by atoms with Crippen molar-refractivity contribution in [3.63, 3.8) is 0 Å². The molecule has 1 heterocycles. The first kappa shape index (κ1) is 27.6. The van der Waals surface area contributed by atoms with Gasteiger partial charge in [-0.2, -0.15) is 0 Å². The van der Waals surface area contributed by atoms with E-state index in [1.54, 1.807) is 12.6 Å². The normalized spacial score (nSPS) is 15.3. The summed E-state index contributed by atoms with van der Waals surface area (Å²) < 4.78 is 0. The number of nitrogens with one attached hydrogen (secondary N) is 2. The zero-order valence-corrected chi connectivity index (χ0v) is 19.3. The quantitative estimate of drug-likeness (QED) is 0.461. The fourth-order valence-corrected chi connectivity index (χ4v) is 3.35. The molecule has 4 heteroatoms. The molecular formula is C26H42N2O2. The van der Waals surface area contributed by atoms with Crippen LogP contribution in [0.1, 0.15) is 70.3 Å². The number of amides is 2. The van der Waals surface area contributed by atoms with Crippen LogP contribution in [-0.4, -0.2) is 25.9 Å². The minimum atomic E-state index is 0.204. The van der Waals surface area contributed by atoms with Gasteiger partial charge in [0.05, 0.1) is 0 Å². The summed E-state index contributed by atoms with van der Waals surface area (Å²) in [4.78, 5) is 19.2. The number of hydrogen-bond acceptors (Lipinski definition) is 2. The van der Waals surface area contributed by atoms with Gasteiger partial charge in [-0.25, -0.2) is 0 Å². The highest BCUT2D eigenvalue weighted by Gasteiger charge is 2.18. The summed E-state index contributed by atoms with van der Waals surface area (Å²) in [5, 5.41) is 4.93. The fourth-order valence-electron chi connectivity index (χ4n) is 3.35. The number of allylic oxidation sites excluding steroid dienone is 3. The molecule has 1 saturated heterocycles. The number of unbranched alkanes of at least 4 members (excludes halogenated alkanes) is 1. The molecule has 0 bridgehead atoms. The van der Waals surface area contributed by atoms with Crippen molar-refractivity contribution in [2.75, 3.05) is 13.6 Å². The van der Waals surface area contributed by atoms with Gasteiger partial charge in [0.25, 0.3) is 0 Å². The Morgan fingerprint density at radius 1 is 1.20 bits per heavy atom. The monoisotopic (exact) mass is 414 g/mol. The van der Waals surface area contributed by atoms with Crippen LogP contribution in [0, 0.1) is 12.8 Å². The first-order valence-corrected chi connectivity index (χ1v) is 11.3. The van der Waals surface area contributed by atoms with E-state index < -0.39 is 0 Å². The van der Waals surface area contributed by atoms with Crippen molar-refractivity contribution < 1.29 is 9.59 Å². The van der Waals surface area contributed by atoms with E-state index in [1.807, 2.05) is 24.3 Å². The fraction of sp³-hybridized carbons (Fsp3) is 0.538. The van der Waals surface area contributed by atoms with Gasteiger partial charge in [-0.15, -0.1) is 0 Å². The lowest BCUT2D eigenvalue weighted by atomic mass is 9.93. The summed E-state index contributed by atoms with van der Waals surface area (Å²) in [6, 6.07) is 10.3. The summed E-state index contributed by atoms with van der Waals surface area (Å²) in [7, 11) is 1.56. The van der Waals surface area contributed by atoms with Gasteiger partial charge in [0.2, 0.25) is 12.3 Å². The molecule has 168 valence electrons. The molecule has 0 spiro atoms. The third-order valence-electron chi connectivity index (χ3n) is 4.99. The summed E-state index contributed by atoms with van der Waals surface area (Å²) in [5.74, 6) is 1.10. The van der Waals surface area contributed by atoms with Crippen LogP contribution in [0.25, 0.3) is 0 Å². The van der Waals surface area contributed by atoms with E-state index >= 15 is 0 Å². The minimum absolute atomic E-state index is 0.204. The minimum Gasteiger partial charge on any atom is -0.362 e. The van der Waals surface area contributed by atoms with E-state index in [4.69, 9.17) is 4.79 Å². The number of carbonyl (C=O) groups is 2. The Morgan fingerprint density at radius 2 is 1.83 bits per heavy atom. The Balaban J connectivity index is 0.000000416. The molecule has 1 aliphatic carbocycles. The molecule has 0 atom stereocenters. The van der Waals surface area contributed by atoms with Crippen LogP contribution in [0.2, 0.25) is 0 Å². The number of aryl methyl sites for hydroxylation is 1. The molecular weight excluding hydrogens is 372 g/mol. The second-order valence-corrected chi connectivity index (χ2v) is 7.58. The number of rotatable bonds is 6. The van der Waals surface area contributed by atoms with Crippen molar-refractivity contribution in [1.82, 2.24) is 10.6 Å². The summed E-state index contributed by atoms with van der Waals surface area (Å²) in [5.41, 5.74) is 2.98. The van der Waals surface area contributed by atoms with E-state index in [0.29, 0.717) is 6.41 Å². The lowest BCUT2D eigenvalue weighted by Gasteiger charge is -2.13. The first-order valence-electron chi connectivity index (χ1n) is 11.3. The first-order chi connectivity index (χ1) is 14.6. The van der Waals surface area contributed by atoms with Gasteiger partial charge < -0.3 is 10.6 Å². The maximum absolute atomic E-state index is 10.1. The van der Waals surface area contributed by atoms with E-state index in [-0.39, 0.29) is 5.91 Å². The average molecular weight is 415 g/mol. The van der Waals surface area contributed by atoms with Gasteiger partial charge in [0.1, 0.15) is 0 Å². The third-order valence-corrected chi connectivity index (χ3v) is 4.99. The molecule has 4 nitrogen and oxygen atoms in total. The summed E-state index contributed by atoms with van der Waals surface area (Å²) in [6.45, 7) is 9.04. The molecule has 1 saturated carbocycles. The van der Waals surface area contributed by atoms with E-state index in [0.717, 1.165) is 25.3 Å². The molecule has 1 aromatic carbocycles. The highest BCUT2D eigenvalue weighted by atomic mass is 16.1. The largest absolute Gasteiger partial charge is 0.362 e. The Morgan fingerprint density at radius 3 is 2.17 bits per heavy atom. The zero-order chi connectivity index (χ0) is 22.5. The van der Waals surface area contributed by atoms with Crippen LogP contribution in [0.4, 0.5) is 0 Å². The number of carbonyl (C=O) groups excluding carboxylic acids is 2. The van der Waals surface area contributed by atoms with Crippen molar-refractivity contribution in [1.29, 1.82) is 0 Å². The van der Waals surface area contributed by atoms with Crippen molar-refractivity contribution in [2.45, 2.75) is 71.6 Å². The van der Waals surface area contributed by atoms with Gasteiger partial charge in [-0.1, -0.05) is 86.4 Å². The lowest BCUT2D eigenvalue weighted by molar-refractivity contribution is -0.119. The van der Waals surface area contributed by atoms with Gasteiger partial charge >= 0.3 is 0 Å². The Kier molecular flexibility index (Phi) is 18.4.